The number of aliphatic hydroxyl groups excluding tert-OH is 2. The van der Waals surface area contributed by atoms with Crippen molar-refractivity contribution in [2.24, 2.45) is 5.41 Å². The molecule has 25 heavy (non-hydrogen) atoms. The van der Waals surface area contributed by atoms with Crippen LogP contribution in [0.2, 0.25) is 0 Å². The normalized spacial score (nSPS) is 12.2. The summed E-state index contributed by atoms with van der Waals surface area (Å²) in [5.74, 6) is 0.966. The molecule has 0 saturated heterocycles. The Morgan fingerprint density at radius 2 is 1.16 bits per heavy atom. The topological polar surface area (TPSA) is 49.7 Å². The molecule has 0 aromatic carbocycles. The summed E-state index contributed by atoms with van der Waals surface area (Å²) in [7, 11) is 4.11. The molecule has 2 N–H and O–H groups in total. The summed E-state index contributed by atoms with van der Waals surface area (Å²) in [6.45, 7) is 4.34. The van der Waals surface area contributed by atoms with Crippen molar-refractivity contribution >= 4 is 18.0 Å². The second-order valence-corrected chi connectivity index (χ2v) is 10.2. The minimum atomic E-state index is -0.552. The number of rotatable bonds is 17. The molecular formula is C20H42O3PS-. The van der Waals surface area contributed by atoms with Gasteiger partial charge in [0, 0.05) is 0 Å². The Bertz CT molecular complexity index is 351. The van der Waals surface area contributed by atoms with Crippen LogP contribution >= 0.6 is 7.81 Å². The van der Waals surface area contributed by atoms with Crippen molar-refractivity contribution in [3.63, 3.8) is 0 Å². The molecule has 0 aliphatic carbocycles. The van der Waals surface area contributed by atoms with Crippen LogP contribution in [0.4, 0.5) is 0 Å². The number of aliphatic hydroxyl groups is 2. The van der Waals surface area contributed by atoms with Gasteiger partial charge in [-0.05, 0) is 0 Å². The number of unbranched alkanes of at least 4 members (excludes halogenated alkanes) is 12. The summed E-state index contributed by atoms with van der Waals surface area (Å²) in [6.07, 6.45) is 17.7. The molecule has 5 heteroatoms. The first-order valence-electron chi connectivity index (χ1n) is 10.3. The zero-order valence-electron chi connectivity index (χ0n) is 16.7. The van der Waals surface area contributed by atoms with E-state index in [1.807, 2.05) is 6.92 Å². The van der Waals surface area contributed by atoms with E-state index in [0.717, 1.165) is 12.2 Å². The van der Waals surface area contributed by atoms with Crippen LogP contribution in [0.5, 0.6) is 0 Å². The van der Waals surface area contributed by atoms with Crippen molar-refractivity contribution in [3.8, 4) is 0 Å². The quantitative estimate of drug-likeness (QED) is 0.182. The van der Waals surface area contributed by atoms with E-state index in [0.29, 0.717) is 6.61 Å². The summed E-state index contributed by atoms with van der Waals surface area (Å²) in [5, 5.41) is 18.5. The molecule has 0 fully saturated rings. The van der Waals surface area contributed by atoms with Gasteiger partial charge in [0.05, 0.1) is 0 Å². The second-order valence-electron chi connectivity index (χ2n) is 7.66. The Kier molecular flexibility index (Phi) is 18.5. The van der Waals surface area contributed by atoms with Crippen molar-refractivity contribution in [1.82, 2.24) is 0 Å². The molecule has 0 aromatic heterocycles. The predicted molar refractivity (Wildman–Crippen MR) is 113 cm³/mol. The molecule has 3 nitrogen and oxygen atoms in total. The third-order valence-electron chi connectivity index (χ3n) is 4.73. The molecule has 0 bridgehead atoms. The Labute approximate surface area is 160 Å². The minimum absolute atomic E-state index is 0.0623. The van der Waals surface area contributed by atoms with Crippen LogP contribution in [0.15, 0.2) is 0 Å². The van der Waals surface area contributed by atoms with Gasteiger partial charge in [-0.2, -0.15) is 0 Å². The van der Waals surface area contributed by atoms with Crippen molar-refractivity contribution < 1.29 is 14.4 Å². The van der Waals surface area contributed by atoms with Gasteiger partial charge in [-0.15, -0.1) is 0 Å². The molecule has 0 heterocycles. The number of hydrogen-bond acceptors (Lipinski definition) is 4. The molecule has 0 atom stereocenters. The van der Waals surface area contributed by atoms with Crippen molar-refractivity contribution in [1.29, 1.82) is 0 Å². The fourth-order valence-corrected chi connectivity index (χ4v) is 4.19. The van der Waals surface area contributed by atoms with E-state index in [9.17, 15) is 10.2 Å². The van der Waals surface area contributed by atoms with Crippen LogP contribution in [0.25, 0.3) is 0 Å². The molecular weight excluding hydrogens is 351 g/mol. The Morgan fingerprint density at radius 1 is 0.760 bits per heavy atom. The molecule has 0 aliphatic rings. The van der Waals surface area contributed by atoms with Crippen LogP contribution in [0, 0.1) is 5.41 Å². The Morgan fingerprint density at radius 3 is 1.56 bits per heavy atom. The second kappa shape index (κ2) is 18.0. The van der Waals surface area contributed by atoms with E-state index < -0.39 is 5.41 Å². The van der Waals surface area contributed by atoms with Gasteiger partial charge >= 0.3 is 134 Å². The molecule has 0 spiro atoms. The molecule has 0 rings (SSSR count). The monoisotopic (exact) mass is 393 g/mol. The first-order valence-corrected chi connectivity index (χ1v) is 12.7. The van der Waals surface area contributed by atoms with Crippen molar-refractivity contribution in [2.75, 3.05) is 25.6 Å². The van der Waals surface area contributed by atoms with Gasteiger partial charge in [0.15, 0.2) is 0 Å². The summed E-state index contributed by atoms with van der Waals surface area (Å²) < 4.78 is 5.67. The van der Waals surface area contributed by atoms with Crippen LogP contribution in [0.3, 0.4) is 0 Å². The zero-order valence-corrected chi connectivity index (χ0v) is 18.4. The van der Waals surface area contributed by atoms with Crippen LogP contribution in [-0.4, -0.2) is 35.8 Å². The van der Waals surface area contributed by atoms with E-state index in [4.69, 9.17) is 4.18 Å². The third kappa shape index (κ3) is 16.6. The van der Waals surface area contributed by atoms with Gasteiger partial charge in [-0.1, -0.05) is 26.2 Å². The van der Waals surface area contributed by atoms with Gasteiger partial charge in [0.1, 0.15) is 0 Å². The third-order valence-corrected chi connectivity index (χ3v) is 6.62. The maximum atomic E-state index is 9.24. The zero-order chi connectivity index (χ0) is 18.8. The average molecular weight is 394 g/mol. The average Bonchev–Trinajstić information content (AvgIpc) is 2.63. The molecule has 0 unspecified atom stereocenters. The molecule has 152 valence electrons. The van der Waals surface area contributed by atoms with E-state index >= 15 is 0 Å². The van der Waals surface area contributed by atoms with Crippen molar-refractivity contribution in [3.05, 3.63) is 0 Å². The van der Waals surface area contributed by atoms with Gasteiger partial charge in [0.2, 0.25) is 0 Å². The molecule has 0 aliphatic heterocycles. The van der Waals surface area contributed by atoms with Gasteiger partial charge in [-0.3, -0.25) is 0 Å². The van der Waals surface area contributed by atoms with Crippen LogP contribution in [0.1, 0.15) is 97.3 Å². The van der Waals surface area contributed by atoms with Gasteiger partial charge in [0.25, 0.3) is 0 Å². The maximum absolute atomic E-state index is 9.24. The summed E-state index contributed by atoms with van der Waals surface area (Å²) in [6, 6.07) is 0. The molecule has 0 aromatic rings. The Balaban J connectivity index is 3.32. The van der Waals surface area contributed by atoms with Crippen LogP contribution in [-0.2, 0) is 14.3 Å². The van der Waals surface area contributed by atoms with Gasteiger partial charge in [-0.25, -0.2) is 0 Å². The number of hydrogen-bond donors (Lipinski definition) is 2. The first kappa shape index (κ1) is 25.7. The first-order chi connectivity index (χ1) is 12.1. The van der Waals surface area contributed by atoms with Crippen LogP contribution < -0.4 is 0 Å². The van der Waals surface area contributed by atoms with E-state index in [-0.39, 0.29) is 23.4 Å². The summed E-state index contributed by atoms with van der Waals surface area (Å²) in [4.78, 5) is 0. The van der Waals surface area contributed by atoms with E-state index in [1.165, 1.54) is 77.0 Å². The fraction of sp³-hybridized carbons (Fsp3) is 1.00. The summed E-state index contributed by atoms with van der Waals surface area (Å²) >= 11 is 0. The standard InChI is InChI=1S/C20H42O3PS/c1-3-4-5-6-7-8-9-10-11-12-13-14-15-16-25(24)23-19-20(2,17-21)18-22/h21-22H,3-19H2,1-2H3/q-1. The van der Waals surface area contributed by atoms with Gasteiger partial charge < -0.3 is 0 Å². The molecule has 0 saturated carbocycles. The predicted octanol–water partition coefficient (Wildman–Crippen LogP) is 5.94. The fourth-order valence-electron chi connectivity index (χ4n) is 2.65. The van der Waals surface area contributed by atoms with E-state index in [1.54, 1.807) is 0 Å². The Hall–Kier alpha value is 0.660. The molecule has 0 amide bonds. The molecule has 0 radical (unpaired) electrons. The SMILES string of the molecule is CCCCCCCCCCCCCCC[S-](#P)OCC(C)(CO)CO. The van der Waals surface area contributed by atoms with Crippen molar-refractivity contribution in [2.45, 2.75) is 97.3 Å². The van der Waals surface area contributed by atoms with E-state index in [2.05, 4.69) is 14.7 Å². The summed E-state index contributed by atoms with van der Waals surface area (Å²) in [5.41, 5.74) is -0.552.